The maximum absolute atomic E-state index is 13.3. The van der Waals surface area contributed by atoms with E-state index in [0.29, 0.717) is 50.6 Å². The molecule has 0 aliphatic rings. The van der Waals surface area contributed by atoms with Crippen LogP contribution in [0.15, 0.2) is 60.7 Å². The second-order valence-corrected chi connectivity index (χ2v) is 10.2. The van der Waals surface area contributed by atoms with Gasteiger partial charge in [0.1, 0.15) is 23.9 Å². The third kappa shape index (κ3) is 10.4. The fourth-order valence-electron chi connectivity index (χ4n) is 4.63. The van der Waals surface area contributed by atoms with E-state index in [-0.39, 0.29) is 24.9 Å². The highest BCUT2D eigenvalue weighted by molar-refractivity contribution is 5.91. The molecule has 1 atom stereocenters. The number of anilines is 1. The summed E-state index contributed by atoms with van der Waals surface area (Å²) in [5.74, 6) is -0.0735. The van der Waals surface area contributed by atoms with Gasteiger partial charge >= 0.3 is 12.0 Å². The molecule has 0 aliphatic heterocycles. The van der Waals surface area contributed by atoms with Crippen LogP contribution in [0.1, 0.15) is 42.0 Å². The molecule has 1 unspecified atom stereocenters. The average molecular weight is 581 g/mol. The number of benzene rings is 3. The normalized spacial score (nSPS) is 11.5. The number of urea groups is 1. The number of nitrogens with zero attached hydrogens (tertiary/aromatic N) is 1. The lowest BCUT2D eigenvalue weighted by molar-refractivity contribution is -0.149. The van der Waals surface area contributed by atoms with Crippen molar-refractivity contribution >= 4 is 17.7 Å². The third-order valence-electron chi connectivity index (χ3n) is 6.72. The van der Waals surface area contributed by atoms with Crippen LogP contribution in [0.25, 0.3) is 0 Å². The molecule has 0 bridgehead atoms. The first-order valence-corrected chi connectivity index (χ1v) is 14.2. The topological polar surface area (TPSA) is 97.3 Å². The predicted octanol–water partition coefficient (Wildman–Crippen LogP) is 6.56. The van der Waals surface area contributed by atoms with Crippen LogP contribution in [-0.4, -0.2) is 61.0 Å². The first-order valence-electron chi connectivity index (χ1n) is 14.2. The summed E-state index contributed by atoms with van der Waals surface area (Å²) in [6.45, 7) is 9.67. The molecule has 0 fully saturated rings. The Labute approximate surface area is 247 Å². The van der Waals surface area contributed by atoms with Crippen molar-refractivity contribution in [2.24, 2.45) is 0 Å². The fourth-order valence-corrected chi connectivity index (χ4v) is 4.63. The van der Waals surface area contributed by atoms with E-state index in [9.17, 15) is 19.1 Å². The monoisotopic (exact) mass is 580 g/mol. The number of hydrogen-bond donors (Lipinski definition) is 2. The minimum absolute atomic E-state index is 0.209. The van der Waals surface area contributed by atoms with Crippen LogP contribution in [-0.2, 0) is 16.0 Å². The Morgan fingerprint density at radius 3 is 2.07 bits per heavy atom. The van der Waals surface area contributed by atoms with Gasteiger partial charge in [-0.2, -0.15) is 0 Å². The van der Waals surface area contributed by atoms with E-state index < -0.39 is 12.1 Å². The van der Waals surface area contributed by atoms with Crippen molar-refractivity contribution in [1.82, 2.24) is 4.90 Å². The van der Waals surface area contributed by atoms with Gasteiger partial charge in [0.05, 0.1) is 13.2 Å². The van der Waals surface area contributed by atoms with Crippen LogP contribution < -0.4 is 14.8 Å². The summed E-state index contributed by atoms with van der Waals surface area (Å²) < 4.78 is 30.0. The van der Waals surface area contributed by atoms with Gasteiger partial charge in [0, 0.05) is 25.3 Å². The molecule has 0 spiro atoms. The van der Waals surface area contributed by atoms with E-state index in [2.05, 4.69) is 5.32 Å². The lowest BCUT2D eigenvalue weighted by Gasteiger charge is -2.24. The summed E-state index contributed by atoms with van der Waals surface area (Å²) in [4.78, 5) is 26.4. The highest BCUT2D eigenvalue weighted by atomic mass is 19.1. The van der Waals surface area contributed by atoms with E-state index in [4.69, 9.17) is 14.2 Å². The second kappa shape index (κ2) is 16.4. The number of nitrogens with one attached hydrogen (secondary N) is 1. The SMILES string of the molecule is CCOC(Cc1ccc(OCCN(CCCCOc2ccc(F)cc2)C(=O)Nc2c(C)cc(C)cc2C)cc1)C(=O)O. The highest BCUT2D eigenvalue weighted by Crippen LogP contribution is 2.22. The molecular formula is C33H41FN2O6. The molecule has 8 nitrogen and oxygen atoms in total. The maximum atomic E-state index is 13.3. The number of hydrogen-bond acceptors (Lipinski definition) is 5. The fraction of sp³-hybridized carbons (Fsp3) is 0.394. The molecule has 3 aromatic rings. The van der Waals surface area contributed by atoms with Gasteiger partial charge in [0.2, 0.25) is 0 Å². The number of carbonyl (C=O) groups excluding carboxylic acids is 1. The zero-order chi connectivity index (χ0) is 30.5. The van der Waals surface area contributed by atoms with Crippen molar-refractivity contribution in [2.75, 3.05) is 38.2 Å². The summed E-state index contributed by atoms with van der Waals surface area (Å²) in [6, 6.07) is 17.0. The Hall–Kier alpha value is -4.11. The van der Waals surface area contributed by atoms with Crippen molar-refractivity contribution in [1.29, 1.82) is 0 Å². The molecular weight excluding hydrogens is 539 g/mol. The Morgan fingerprint density at radius 1 is 0.881 bits per heavy atom. The van der Waals surface area contributed by atoms with Gasteiger partial charge in [-0.25, -0.2) is 14.0 Å². The smallest absolute Gasteiger partial charge is 0.333 e. The molecule has 0 radical (unpaired) electrons. The number of carbonyl (C=O) groups is 2. The van der Waals surface area contributed by atoms with Crippen LogP contribution in [0.5, 0.6) is 11.5 Å². The summed E-state index contributed by atoms with van der Waals surface area (Å²) in [7, 11) is 0. The molecule has 0 saturated heterocycles. The molecule has 9 heteroatoms. The van der Waals surface area contributed by atoms with E-state index >= 15 is 0 Å². The molecule has 0 saturated carbocycles. The van der Waals surface area contributed by atoms with Crippen LogP contribution in [0.2, 0.25) is 0 Å². The molecule has 2 N–H and O–H groups in total. The molecule has 3 rings (SSSR count). The maximum Gasteiger partial charge on any atom is 0.333 e. The lowest BCUT2D eigenvalue weighted by Crippen LogP contribution is -2.39. The zero-order valence-electron chi connectivity index (χ0n) is 24.8. The molecule has 0 heterocycles. The molecule has 0 aromatic heterocycles. The number of amides is 2. The number of aryl methyl sites for hydroxylation is 3. The van der Waals surface area contributed by atoms with Crippen molar-refractivity contribution in [3.8, 4) is 11.5 Å². The average Bonchev–Trinajstić information content (AvgIpc) is 2.95. The minimum Gasteiger partial charge on any atom is -0.494 e. The molecule has 0 aliphatic carbocycles. The number of aliphatic carboxylic acids is 1. The van der Waals surface area contributed by atoms with Crippen LogP contribution in [0, 0.1) is 26.6 Å². The largest absolute Gasteiger partial charge is 0.494 e. The van der Waals surface area contributed by atoms with Gasteiger partial charge in [0.15, 0.2) is 6.10 Å². The van der Waals surface area contributed by atoms with E-state index in [1.165, 1.54) is 12.1 Å². The van der Waals surface area contributed by atoms with Crippen molar-refractivity contribution in [3.63, 3.8) is 0 Å². The van der Waals surface area contributed by atoms with Crippen molar-refractivity contribution in [3.05, 3.63) is 88.7 Å². The van der Waals surface area contributed by atoms with Crippen molar-refractivity contribution < 1.29 is 33.3 Å². The number of halogens is 1. The standard InChI is InChI=1S/C33H41FN2O6/c1-5-40-30(32(37)38)22-26-8-12-28(13-9-26)42-19-17-36(16-6-7-18-41-29-14-10-27(34)11-15-29)33(39)35-31-24(3)20-23(2)21-25(31)4/h8-15,20-21,30H,5-7,16-19,22H2,1-4H3,(H,35,39)(H,37,38). The number of unbranched alkanes of at least 4 members (excludes halogenated alkanes) is 1. The summed E-state index contributed by atoms with van der Waals surface area (Å²) in [5.41, 5.74) is 4.77. The number of ether oxygens (including phenoxy) is 3. The van der Waals surface area contributed by atoms with Gasteiger partial charge < -0.3 is 29.5 Å². The van der Waals surface area contributed by atoms with Gasteiger partial charge in [-0.1, -0.05) is 29.8 Å². The Balaban J connectivity index is 1.57. The Morgan fingerprint density at radius 2 is 1.48 bits per heavy atom. The lowest BCUT2D eigenvalue weighted by atomic mass is 10.1. The first kappa shape index (κ1) is 32.4. The molecule has 42 heavy (non-hydrogen) atoms. The van der Waals surface area contributed by atoms with E-state index in [1.807, 2.05) is 45.0 Å². The Kier molecular flexibility index (Phi) is 12.6. The van der Waals surface area contributed by atoms with Crippen LogP contribution in [0.4, 0.5) is 14.9 Å². The minimum atomic E-state index is -0.992. The van der Waals surface area contributed by atoms with Crippen molar-refractivity contribution in [2.45, 2.75) is 53.1 Å². The second-order valence-electron chi connectivity index (χ2n) is 10.2. The van der Waals surface area contributed by atoms with Gasteiger partial charge in [-0.15, -0.1) is 0 Å². The third-order valence-corrected chi connectivity index (χ3v) is 6.72. The summed E-state index contributed by atoms with van der Waals surface area (Å²) in [5, 5.41) is 12.4. The first-order chi connectivity index (χ1) is 20.2. The summed E-state index contributed by atoms with van der Waals surface area (Å²) in [6.07, 6.45) is 0.793. The van der Waals surface area contributed by atoms with E-state index in [1.54, 1.807) is 36.1 Å². The number of rotatable bonds is 16. The van der Waals surface area contributed by atoms with E-state index in [0.717, 1.165) is 27.9 Å². The number of carboxylic acids is 1. The zero-order valence-corrected chi connectivity index (χ0v) is 24.8. The van der Waals surface area contributed by atoms with Crippen LogP contribution in [0.3, 0.4) is 0 Å². The molecule has 2 amide bonds. The highest BCUT2D eigenvalue weighted by Gasteiger charge is 2.18. The summed E-state index contributed by atoms with van der Waals surface area (Å²) >= 11 is 0. The number of carboxylic acid groups (broad SMARTS) is 1. The molecule has 226 valence electrons. The van der Waals surface area contributed by atoms with Gasteiger partial charge in [-0.05, 0) is 93.6 Å². The van der Waals surface area contributed by atoms with Gasteiger partial charge in [-0.3, -0.25) is 0 Å². The quantitative estimate of drug-likeness (QED) is 0.186. The van der Waals surface area contributed by atoms with Crippen LogP contribution >= 0.6 is 0 Å². The van der Waals surface area contributed by atoms with Gasteiger partial charge in [0.25, 0.3) is 0 Å². The Bertz CT molecular complexity index is 1270. The molecule has 3 aromatic carbocycles. The predicted molar refractivity (Wildman–Crippen MR) is 161 cm³/mol.